The number of rotatable bonds is 19. The average Bonchev–Trinajstić information content (AvgIpc) is 3.92. The number of carbonyl (C=O) groups is 1. The first-order chi connectivity index (χ1) is 28.6. The van der Waals surface area contributed by atoms with Crippen molar-refractivity contribution in [1.82, 2.24) is 0 Å². The standard InChI is InChI=1S/C54H78O5/c1-37(2)12-11-13-38(3)47-25-26-48-46-24-21-43-35-45(28-30-53(43,4)49(46)29-31-54(47,48)5)58-52(55)42-17-15-40(16-18-42)41-19-22-44(23-20-41)57-33-10-8-6-7-9-32-56-36-39-14-27-50-51(34-39)59-50/h15-23,37-39,45-51H,6-14,24-36H2,1-5H3/t38-,39?,45+,46+,47-,48+,49+,50?,51?,53+,54-/m1/s1. The van der Waals surface area contributed by atoms with Crippen molar-refractivity contribution in [3.05, 3.63) is 65.7 Å². The molecule has 59 heavy (non-hydrogen) atoms. The molecule has 8 rings (SSSR count). The number of hydrogen-bond acceptors (Lipinski definition) is 5. The molecule has 0 aromatic heterocycles. The highest BCUT2D eigenvalue weighted by molar-refractivity contribution is 5.90. The molecule has 6 aliphatic rings. The zero-order valence-corrected chi connectivity index (χ0v) is 37.6. The van der Waals surface area contributed by atoms with Crippen molar-refractivity contribution in [2.45, 2.75) is 175 Å². The molecule has 5 heteroatoms. The van der Waals surface area contributed by atoms with Gasteiger partial charge in [-0.05, 0) is 165 Å². The van der Waals surface area contributed by atoms with Crippen LogP contribution in [0, 0.1) is 52.3 Å². The molecule has 5 fully saturated rings. The first kappa shape index (κ1) is 43.0. The van der Waals surface area contributed by atoms with Gasteiger partial charge in [0.2, 0.25) is 0 Å². The minimum Gasteiger partial charge on any atom is -0.494 e. The van der Waals surface area contributed by atoms with Crippen LogP contribution in [0.4, 0.5) is 0 Å². The number of allylic oxidation sites excluding steroid dienone is 1. The predicted molar refractivity (Wildman–Crippen MR) is 240 cm³/mol. The number of hydrogen-bond donors (Lipinski definition) is 0. The van der Waals surface area contributed by atoms with Gasteiger partial charge in [0.25, 0.3) is 0 Å². The number of ether oxygens (including phenoxy) is 4. The smallest absolute Gasteiger partial charge is 0.338 e. The van der Waals surface area contributed by atoms with E-state index in [2.05, 4.69) is 65.0 Å². The number of esters is 1. The van der Waals surface area contributed by atoms with Crippen LogP contribution in [0.25, 0.3) is 11.1 Å². The summed E-state index contributed by atoms with van der Waals surface area (Å²) in [7, 11) is 0. The lowest BCUT2D eigenvalue weighted by Gasteiger charge is -2.58. The molecule has 0 N–H and O–H groups in total. The Bertz CT molecular complexity index is 1700. The monoisotopic (exact) mass is 807 g/mol. The van der Waals surface area contributed by atoms with Crippen LogP contribution >= 0.6 is 0 Å². The van der Waals surface area contributed by atoms with Crippen LogP contribution in [-0.4, -0.2) is 44.1 Å². The van der Waals surface area contributed by atoms with E-state index >= 15 is 0 Å². The van der Waals surface area contributed by atoms with E-state index in [0.717, 1.165) is 104 Å². The van der Waals surface area contributed by atoms with Crippen LogP contribution in [-0.2, 0) is 14.2 Å². The number of benzene rings is 2. The van der Waals surface area contributed by atoms with Crippen molar-refractivity contribution in [2.75, 3.05) is 19.8 Å². The van der Waals surface area contributed by atoms with E-state index in [1.807, 2.05) is 24.3 Å². The summed E-state index contributed by atoms with van der Waals surface area (Å²) in [6.45, 7) is 15.1. The van der Waals surface area contributed by atoms with E-state index in [9.17, 15) is 4.79 Å². The summed E-state index contributed by atoms with van der Waals surface area (Å²) in [4.78, 5) is 13.4. The second-order valence-corrected chi connectivity index (χ2v) is 21.2. The van der Waals surface area contributed by atoms with E-state index < -0.39 is 0 Å². The summed E-state index contributed by atoms with van der Waals surface area (Å²) < 4.78 is 23.9. The van der Waals surface area contributed by atoms with Crippen LogP contribution in [0.15, 0.2) is 60.2 Å². The van der Waals surface area contributed by atoms with Crippen molar-refractivity contribution >= 4 is 5.97 Å². The van der Waals surface area contributed by atoms with E-state index in [1.165, 1.54) is 89.9 Å². The van der Waals surface area contributed by atoms with Crippen LogP contribution in [0.3, 0.4) is 0 Å². The Morgan fingerprint density at radius 3 is 2.27 bits per heavy atom. The van der Waals surface area contributed by atoms with Crippen LogP contribution < -0.4 is 4.74 Å². The van der Waals surface area contributed by atoms with E-state index in [1.54, 1.807) is 5.57 Å². The summed E-state index contributed by atoms with van der Waals surface area (Å²) in [5.41, 5.74) is 5.21. The molecule has 324 valence electrons. The van der Waals surface area contributed by atoms with Crippen molar-refractivity contribution in [2.24, 2.45) is 52.3 Å². The number of carbonyl (C=O) groups excluding carboxylic acids is 1. The second kappa shape index (κ2) is 19.2. The highest BCUT2D eigenvalue weighted by Gasteiger charge is 2.59. The van der Waals surface area contributed by atoms with Crippen molar-refractivity contribution in [1.29, 1.82) is 0 Å². The van der Waals surface area contributed by atoms with E-state index in [4.69, 9.17) is 18.9 Å². The van der Waals surface area contributed by atoms with Crippen molar-refractivity contribution in [3.8, 4) is 16.9 Å². The molecule has 5 nitrogen and oxygen atoms in total. The third-order valence-corrected chi connectivity index (χ3v) is 17.0. The first-order valence-electron chi connectivity index (χ1n) is 24.6. The zero-order valence-electron chi connectivity index (χ0n) is 37.6. The quantitative estimate of drug-likeness (QED) is 0.0612. The third kappa shape index (κ3) is 10.0. The maximum atomic E-state index is 13.4. The molecule has 0 bridgehead atoms. The molecule has 0 spiro atoms. The Balaban J connectivity index is 0.740. The van der Waals surface area contributed by atoms with Crippen LogP contribution in [0.5, 0.6) is 5.75 Å². The molecule has 4 saturated carbocycles. The number of unbranched alkanes of at least 4 members (excludes halogenated alkanes) is 4. The Labute approximate surface area is 358 Å². The Kier molecular flexibility index (Phi) is 14.0. The van der Waals surface area contributed by atoms with Gasteiger partial charge in [-0.3, -0.25) is 0 Å². The molecule has 2 aromatic carbocycles. The molecule has 1 heterocycles. The Morgan fingerprint density at radius 2 is 1.51 bits per heavy atom. The fourth-order valence-electron chi connectivity index (χ4n) is 13.4. The predicted octanol–water partition coefficient (Wildman–Crippen LogP) is 13.8. The van der Waals surface area contributed by atoms with Gasteiger partial charge in [-0.2, -0.15) is 0 Å². The van der Waals surface area contributed by atoms with Gasteiger partial charge < -0.3 is 18.9 Å². The topological polar surface area (TPSA) is 57.3 Å². The Morgan fingerprint density at radius 1 is 0.763 bits per heavy atom. The molecular weight excluding hydrogens is 729 g/mol. The van der Waals surface area contributed by atoms with E-state index in [0.29, 0.717) is 29.1 Å². The van der Waals surface area contributed by atoms with Gasteiger partial charge >= 0.3 is 5.97 Å². The molecular formula is C54H78O5. The Hall–Kier alpha value is -2.63. The van der Waals surface area contributed by atoms with Crippen LogP contribution in [0.1, 0.15) is 167 Å². The largest absolute Gasteiger partial charge is 0.494 e. The molecule has 2 aromatic rings. The van der Waals surface area contributed by atoms with E-state index in [-0.39, 0.29) is 17.5 Å². The second-order valence-electron chi connectivity index (χ2n) is 21.2. The van der Waals surface area contributed by atoms with Crippen LogP contribution in [0.2, 0.25) is 0 Å². The minimum absolute atomic E-state index is 0.0286. The minimum atomic E-state index is -0.189. The highest BCUT2D eigenvalue weighted by Crippen LogP contribution is 2.67. The average molecular weight is 807 g/mol. The normalized spacial score (nSPS) is 33.9. The van der Waals surface area contributed by atoms with Gasteiger partial charge in [0.1, 0.15) is 11.9 Å². The summed E-state index contributed by atoms with van der Waals surface area (Å²) >= 11 is 0. The third-order valence-electron chi connectivity index (χ3n) is 17.0. The van der Waals surface area contributed by atoms with Gasteiger partial charge in [0.15, 0.2) is 0 Å². The lowest BCUT2D eigenvalue weighted by Crippen LogP contribution is -2.51. The molecule has 1 aliphatic heterocycles. The summed E-state index contributed by atoms with van der Waals surface area (Å²) in [6.07, 6.45) is 27.4. The lowest BCUT2D eigenvalue weighted by molar-refractivity contribution is -0.0594. The fourth-order valence-corrected chi connectivity index (χ4v) is 13.4. The van der Waals surface area contributed by atoms with Gasteiger partial charge in [-0.25, -0.2) is 4.79 Å². The maximum Gasteiger partial charge on any atom is 0.338 e. The van der Waals surface area contributed by atoms with Gasteiger partial charge in [0, 0.05) is 19.6 Å². The van der Waals surface area contributed by atoms with Gasteiger partial charge in [-0.15, -0.1) is 0 Å². The lowest BCUT2D eigenvalue weighted by atomic mass is 9.47. The van der Waals surface area contributed by atoms with Gasteiger partial charge in [-0.1, -0.05) is 109 Å². The molecule has 11 atom stereocenters. The maximum absolute atomic E-state index is 13.4. The summed E-state index contributed by atoms with van der Waals surface area (Å²) in [5.74, 6) is 6.47. The SMILES string of the molecule is CC(C)CCC[C@@H](C)[C@H]1CC[C@H]2[C@@H]3CC=C4C[C@@H](OC(=O)c5ccc(-c6ccc(OCCCCCCCOCC7CCC8OC8C7)cc6)cc5)CC[C@]4(C)[C@H]3CC[C@]12C. The van der Waals surface area contributed by atoms with Crippen molar-refractivity contribution < 1.29 is 23.7 Å². The fraction of sp³-hybridized carbons (Fsp3) is 0.722. The number of epoxide rings is 1. The molecule has 0 amide bonds. The number of fused-ring (bicyclic) bond motifs is 6. The molecule has 1 saturated heterocycles. The summed E-state index contributed by atoms with van der Waals surface area (Å²) in [5, 5.41) is 0. The molecule has 5 aliphatic carbocycles. The summed E-state index contributed by atoms with van der Waals surface area (Å²) in [6, 6.07) is 16.3. The van der Waals surface area contributed by atoms with Crippen molar-refractivity contribution in [3.63, 3.8) is 0 Å². The van der Waals surface area contributed by atoms with Gasteiger partial charge in [0.05, 0.1) is 24.4 Å². The zero-order chi connectivity index (χ0) is 41.0. The first-order valence-corrected chi connectivity index (χ1v) is 24.6. The molecule has 3 unspecified atom stereocenters. The molecule has 0 radical (unpaired) electrons. The highest BCUT2D eigenvalue weighted by atomic mass is 16.6.